The highest BCUT2D eigenvalue weighted by atomic mass is 32.2. The van der Waals surface area contributed by atoms with E-state index in [1.54, 1.807) is 10.5 Å². The molecule has 12 heavy (non-hydrogen) atoms. The molecule has 0 radical (unpaired) electrons. The zero-order valence-electron chi connectivity index (χ0n) is 8.42. The lowest BCUT2D eigenvalue weighted by Gasteiger charge is -2.20. The fraction of sp³-hybridized carbons (Fsp3) is 0.636. The minimum absolute atomic E-state index is 0.673. The van der Waals surface area contributed by atoms with E-state index >= 15 is 0 Å². The molecule has 0 saturated heterocycles. The molecule has 0 spiro atoms. The summed E-state index contributed by atoms with van der Waals surface area (Å²) in [7, 11) is 0. The first-order valence-corrected chi connectivity index (χ1v) is 5.65. The van der Waals surface area contributed by atoms with Crippen LogP contribution < -0.4 is 0 Å². The number of rotatable bonds is 2. The van der Waals surface area contributed by atoms with Gasteiger partial charge in [-0.2, -0.15) is 0 Å². The van der Waals surface area contributed by atoms with Gasteiger partial charge in [-0.3, -0.25) is 0 Å². The molecule has 1 heterocycles. The minimum atomic E-state index is 0.673. The van der Waals surface area contributed by atoms with Crippen LogP contribution in [-0.2, 0) is 0 Å². The third-order valence-electron chi connectivity index (χ3n) is 2.06. The summed E-state index contributed by atoms with van der Waals surface area (Å²) >= 11 is 2.00. The molecule has 0 saturated carbocycles. The number of hydrogen-bond acceptors (Lipinski definition) is 1. The van der Waals surface area contributed by atoms with Crippen LogP contribution in [0.2, 0.25) is 0 Å². The van der Waals surface area contributed by atoms with E-state index in [0.717, 1.165) is 5.75 Å². The molecular weight excluding hydrogens is 164 g/mol. The molecule has 0 nitrogen and oxygen atoms in total. The fourth-order valence-electron chi connectivity index (χ4n) is 1.46. The van der Waals surface area contributed by atoms with E-state index in [1.807, 2.05) is 11.8 Å². The van der Waals surface area contributed by atoms with Crippen molar-refractivity contribution in [2.75, 3.05) is 5.75 Å². The zero-order chi connectivity index (χ0) is 9.14. The molecule has 0 fully saturated rings. The average Bonchev–Trinajstić information content (AvgIpc) is 2.04. The normalized spacial score (nSPS) is 18.2. The molecule has 0 atom stereocenters. The van der Waals surface area contributed by atoms with Gasteiger partial charge < -0.3 is 0 Å². The molecule has 0 amide bonds. The summed E-state index contributed by atoms with van der Waals surface area (Å²) in [4.78, 5) is 1.59. The van der Waals surface area contributed by atoms with Crippen molar-refractivity contribution < 1.29 is 0 Å². The van der Waals surface area contributed by atoms with Gasteiger partial charge in [0.2, 0.25) is 0 Å². The van der Waals surface area contributed by atoms with E-state index in [0.29, 0.717) is 11.8 Å². The first-order valence-electron chi connectivity index (χ1n) is 4.66. The fourth-order valence-corrected chi connectivity index (χ4v) is 2.63. The predicted octanol–water partition coefficient (Wildman–Crippen LogP) is 3.86. The third kappa shape index (κ3) is 2.16. The van der Waals surface area contributed by atoms with Crippen LogP contribution in [-0.4, -0.2) is 5.75 Å². The second-order valence-corrected chi connectivity index (χ2v) is 4.90. The van der Waals surface area contributed by atoms with Gasteiger partial charge in [-0.1, -0.05) is 39.8 Å². The molecular formula is C11H18S. The van der Waals surface area contributed by atoms with Gasteiger partial charge in [-0.05, 0) is 22.3 Å². The van der Waals surface area contributed by atoms with E-state index in [2.05, 4.69) is 39.8 Å². The summed E-state index contributed by atoms with van der Waals surface area (Å²) in [5.41, 5.74) is 1.54. The lowest BCUT2D eigenvalue weighted by Crippen LogP contribution is -2.04. The Kier molecular flexibility index (Phi) is 3.45. The lowest BCUT2D eigenvalue weighted by atomic mass is 9.98. The van der Waals surface area contributed by atoms with E-state index in [-0.39, 0.29) is 0 Å². The Morgan fingerprint density at radius 2 is 1.83 bits per heavy atom. The summed E-state index contributed by atoms with van der Waals surface area (Å²) in [6.45, 7) is 9.11. The molecule has 0 aromatic heterocycles. The summed E-state index contributed by atoms with van der Waals surface area (Å²) in [6, 6.07) is 0. The molecule has 0 N–H and O–H groups in total. The Labute approximate surface area is 80.1 Å². The second-order valence-electron chi connectivity index (χ2n) is 3.84. The maximum absolute atomic E-state index is 2.30. The topological polar surface area (TPSA) is 0 Å². The van der Waals surface area contributed by atoms with Gasteiger partial charge in [0.1, 0.15) is 0 Å². The second kappa shape index (κ2) is 4.18. The zero-order valence-corrected chi connectivity index (χ0v) is 9.24. The summed E-state index contributed by atoms with van der Waals surface area (Å²) in [5.74, 6) is 2.52. The number of hydrogen-bond donors (Lipinski definition) is 0. The third-order valence-corrected chi connectivity index (χ3v) is 3.44. The summed E-state index contributed by atoms with van der Waals surface area (Å²) in [5, 5.41) is 0. The Morgan fingerprint density at radius 1 is 1.17 bits per heavy atom. The van der Waals surface area contributed by atoms with E-state index in [4.69, 9.17) is 0 Å². The number of allylic oxidation sites excluding steroid dienone is 3. The van der Waals surface area contributed by atoms with Crippen molar-refractivity contribution in [3.63, 3.8) is 0 Å². The minimum Gasteiger partial charge on any atom is -0.126 e. The first-order chi connectivity index (χ1) is 5.63. The maximum Gasteiger partial charge on any atom is 0.0161 e. The highest BCUT2D eigenvalue weighted by Gasteiger charge is 2.14. The van der Waals surface area contributed by atoms with Crippen molar-refractivity contribution in [2.24, 2.45) is 11.8 Å². The molecule has 1 heteroatoms. The molecule has 1 aliphatic rings. The van der Waals surface area contributed by atoms with Crippen LogP contribution in [0.4, 0.5) is 0 Å². The van der Waals surface area contributed by atoms with Crippen molar-refractivity contribution in [3.05, 3.63) is 22.6 Å². The van der Waals surface area contributed by atoms with Gasteiger partial charge in [0.05, 0.1) is 0 Å². The first kappa shape index (κ1) is 9.91. The smallest absolute Gasteiger partial charge is 0.0161 e. The molecule has 0 bridgehead atoms. The Bertz CT molecular complexity index is 209. The van der Waals surface area contributed by atoms with E-state index in [1.165, 1.54) is 0 Å². The quantitative estimate of drug-likeness (QED) is 0.625. The van der Waals surface area contributed by atoms with Crippen LogP contribution >= 0.6 is 11.8 Å². The molecule has 1 aliphatic heterocycles. The molecule has 0 aromatic rings. The van der Waals surface area contributed by atoms with Crippen LogP contribution in [0.25, 0.3) is 0 Å². The number of thioether (sulfide) groups is 1. The van der Waals surface area contributed by atoms with Crippen molar-refractivity contribution in [2.45, 2.75) is 27.7 Å². The highest BCUT2D eigenvalue weighted by Crippen LogP contribution is 2.34. The van der Waals surface area contributed by atoms with Gasteiger partial charge in [0, 0.05) is 5.75 Å². The van der Waals surface area contributed by atoms with Crippen molar-refractivity contribution >= 4 is 11.8 Å². The van der Waals surface area contributed by atoms with Crippen LogP contribution in [0.15, 0.2) is 22.6 Å². The van der Waals surface area contributed by atoms with Gasteiger partial charge in [0.25, 0.3) is 0 Å². The Morgan fingerprint density at radius 3 is 2.25 bits per heavy atom. The molecule has 0 aromatic carbocycles. The highest BCUT2D eigenvalue weighted by molar-refractivity contribution is 8.03. The van der Waals surface area contributed by atoms with Crippen molar-refractivity contribution in [1.29, 1.82) is 0 Å². The monoisotopic (exact) mass is 182 g/mol. The largest absolute Gasteiger partial charge is 0.126 e. The maximum atomic E-state index is 2.30. The molecule has 1 rings (SSSR count). The van der Waals surface area contributed by atoms with E-state index < -0.39 is 0 Å². The van der Waals surface area contributed by atoms with Gasteiger partial charge in [-0.25, -0.2) is 0 Å². The van der Waals surface area contributed by atoms with Crippen LogP contribution in [0.1, 0.15) is 27.7 Å². The van der Waals surface area contributed by atoms with Crippen LogP contribution in [0.5, 0.6) is 0 Å². The standard InChI is InChI=1S/C11H18S/c1-8(2)10-6-5-7-12-11(10)9(3)4/h5-6,8-9H,7H2,1-4H3. The Balaban J connectivity index is 2.92. The summed E-state index contributed by atoms with van der Waals surface area (Å²) < 4.78 is 0. The van der Waals surface area contributed by atoms with Crippen LogP contribution in [0, 0.1) is 11.8 Å². The predicted molar refractivity (Wildman–Crippen MR) is 58.3 cm³/mol. The average molecular weight is 182 g/mol. The van der Waals surface area contributed by atoms with Crippen LogP contribution in [0.3, 0.4) is 0 Å². The molecule has 0 unspecified atom stereocenters. The SMILES string of the molecule is CC(C)C1=C(C(C)C)SCC=C1. The van der Waals surface area contributed by atoms with Gasteiger partial charge >= 0.3 is 0 Å². The summed E-state index contributed by atoms with van der Waals surface area (Å²) in [6.07, 6.45) is 4.57. The Hall–Kier alpha value is -0.170. The molecule has 68 valence electrons. The van der Waals surface area contributed by atoms with Crippen molar-refractivity contribution in [1.82, 2.24) is 0 Å². The van der Waals surface area contributed by atoms with Gasteiger partial charge in [0.15, 0.2) is 0 Å². The molecule has 0 aliphatic carbocycles. The van der Waals surface area contributed by atoms with E-state index in [9.17, 15) is 0 Å². The van der Waals surface area contributed by atoms with Gasteiger partial charge in [-0.15, -0.1) is 11.8 Å². The van der Waals surface area contributed by atoms with Crippen molar-refractivity contribution in [3.8, 4) is 0 Å². The lowest BCUT2D eigenvalue weighted by molar-refractivity contribution is 0.738.